The van der Waals surface area contributed by atoms with Gasteiger partial charge in [-0.15, -0.1) is 11.8 Å². The fraction of sp³-hybridized carbons (Fsp3) is 0.211. The third-order valence-corrected chi connectivity index (χ3v) is 5.55. The molecule has 0 saturated carbocycles. The number of ether oxygens (including phenoxy) is 1. The molecule has 0 aliphatic carbocycles. The molecular weight excluding hydrogens is 366 g/mol. The molecule has 2 heterocycles. The number of nitrogens with one attached hydrogen (secondary N) is 3. The zero-order valence-electron chi connectivity index (χ0n) is 14.4. The lowest BCUT2D eigenvalue weighted by Crippen LogP contribution is -2.34. The summed E-state index contributed by atoms with van der Waals surface area (Å²) in [4.78, 5) is 37.3. The topological polar surface area (TPSA) is 96.5 Å². The van der Waals surface area contributed by atoms with Gasteiger partial charge in [0.25, 0.3) is 5.91 Å². The first-order chi connectivity index (χ1) is 13.0. The van der Waals surface area contributed by atoms with Gasteiger partial charge in [-0.05, 0) is 37.3 Å². The minimum Gasteiger partial charge on any atom is -0.479 e. The molecule has 2 aromatic rings. The summed E-state index contributed by atoms with van der Waals surface area (Å²) < 4.78 is 5.49. The molecule has 8 heteroatoms. The van der Waals surface area contributed by atoms with E-state index in [9.17, 15) is 14.4 Å². The minimum atomic E-state index is -0.553. The summed E-state index contributed by atoms with van der Waals surface area (Å²) in [5.74, 6) is -0.147. The van der Waals surface area contributed by atoms with Gasteiger partial charge in [-0.25, -0.2) is 0 Å². The van der Waals surface area contributed by atoms with Crippen LogP contribution < -0.4 is 20.7 Å². The molecule has 27 heavy (non-hydrogen) atoms. The van der Waals surface area contributed by atoms with Gasteiger partial charge in [-0.3, -0.25) is 14.4 Å². The van der Waals surface area contributed by atoms with Crippen LogP contribution in [0.15, 0.2) is 47.4 Å². The number of anilines is 3. The summed E-state index contributed by atoms with van der Waals surface area (Å²) in [7, 11) is 0. The summed E-state index contributed by atoms with van der Waals surface area (Å²) in [6.45, 7) is 1.67. The van der Waals surface area contributed by atoms with Crippen LogP contribution in [0.25, 0.3) is 0 Å². The number of benzene rings is 2. The van der Waals surface area contributed by atoms with Gasteiger partial charge in [-0.1, -0.05) is 12.1 Å². The second-order valence-electron chi connectivity index (χ2n) is 6.30. The number of hydrogen-bond acceptors (Lipinski definition) is 5. The standard InChI is InChI=1S/C19H17N3O4S/c1-10-18(24)22-13-8-11(6-7-14(13)26-10)20-17(23)9-16-19(25)21-12-4-2-3-5-15(12)27-16/h2-8,10,16H,9H2,1H3,(H,20,23)(H,21,25)(H,22,24). The van der Waals surface area contributed by atoms with Gasteiger partial charge in [0, 0.05) is 17.0 Å². The second kappa shape index (κ2) is 6.96. The smallest absolute Gasteiger partial charge is 0.265 e. The highest BCUT2D eigenvalue weighted by molar-refractivity contribution is 8.01. The fourth-order valence-electron chi connectivity index (χ4n) is 2.89. The fourth-order valence-corrected chi connectivity index (χ4v) is 4.00. The van der Waals surface area contributed by atoms with E-state index in [1.54, 1.807) is 25.1 Å². The number of rotatable bonds is 3. The largest absolute Gasteiger partial charge is 0.479 e. The first-order valence-electron chi connectivity index (χ1n) is 8.47. The van der Waals surface area contributed by atoms with Crippen LogP contribution >= 0.6 is 11.8 Å². The number of thioether (sulfide) groups is 1. The first kappa shape index (κ1) is 17.4. The Labute approximate surface area is 159 Å². The van der Waals surface area contributed by atoms with Crippen molar-refractivity contribution in [3.05, 3.63) is 42.5 Å². The summed E-state index contributed by atoms with van der Waals surface area (Å²) in [5, 5.41) is 7.84. The molecule has 2 aromatic carbocycles. The van der Waals surface area contributed by atoms with E-state index in [4.69, 9.17) is 4.74 Å². The number of hydrogen-bond donors (Lipinski definition) is 3. The maximum absolute atomic E-state index is 12.4. The molecule has 2 atom stereocenters. The van der Waals surface area contributed by atoms with E-state index >= 15 is 0 Å². The molecule has 4 rings (SSSR count). The quantitative estimate of drug-likeness (QED) is 0.757. The Hall–Kier alpha value is -3.00. The summed E-state index contributed by atoms with van der Waals surface area (Å²) in [6.07, 6.45) is -0.510. The average Bonchev–Trinajstić information content (AvgIpc) is 2.63. The van der Waals surface area contributed by atoms with Crippen molar-refractivity contribution in [2.75, 3.05) is 16.0 Å². The Balaban J connectivity index is 1.42. The van der Waals surface area contributed by atoms with Gasteiger partial charge in [0.2, 0.25) is 11.8 Å². The van der Waals surface area contributed by atoms with E-state index in [2.05, 4.69) is 16.0 Å². The molecule has 2 aliphatic heterocycles. The van der Waals surface area contributed by atoms with Crippen LogP contribution in [-0.4, -0.2) is 29.1 Å². The van der Waals surface area contributed by atoms with Gasteiger partial charge < -0.3 is 20.7 Å². The number of carbonyl (C=O) groups excluding carboxylic acids is 3. The van der Waals surface area contributed by atoms with Crippen LogP contribution in [0.1, 0.15) is 13.3 Å². The van der Waals surface area contributed by atoms with Crippen molar-refractivity contribution >= 4 is 46.5 Å². The van der Waals surface area contributed by atoms with Crippen molar-refractivity contribution in [3.8, 4) is 5.75 Å². The maximum Gasteiger partial charge on any atom is 0.265 e. The normalized spacial score (nSPS) is 20.5. The minimum absolute atomic E-state index is 0.0435. The van der Waals surface area contributed by atoms with Crippen molar-refractivity contribution < 1.29 is 19.1 Å². The Kier molecular flexibility index (Phi) is 4.49. The van der Waals surface area contributed by atoms with Crippen LogP contribution in [0.4, 0.5) is 17.1 Å². The third-order valence-electron chi connectivity index (χ3n) is 4.27. The highest BCUT2D eigenvalue weighted by Gasteiger charge is 2.29. The van der Waals surface area contributed by atoms with E-state index in [0.717, 1.165) is 10.6 Å². The molecule has 3 amide bonds. The molecule has 2 unspecified atom stereocenters. The molecule has 3 N–H and O–H groups in total. The van der Waals surface area contributed by atoms with Crippen LogP contribution in [0, 0.1) is 0 Å². The molecule has 0 fully saturated rings. The molecule has 0 saturated heterocycles. The summed E-state index contributed by atoms with van der Waals surface area (Å²) in [6, 6.07) is 12.5. The maximum atomic E-state index is 12.4. The zero-order chi connectivity index (χ0) is 19.0. The SMILES string of the molecule is CC1Oc2ccc(NC(=O)CC3Sc4ccccc4NC3=O)cc2NC1=O. The highest BCUT2D eigenvalue weighted by Crippen LogP contribution is 2.37. The summed E-state index contributed by atoms with van der Waals surface area (Å²) in [5.41, 5.74) is 1.80. The predicted octanol–water partition coefficient (Wildman–Crippen LogP) is 2.85. The Morgan fingerprint density at radius 3 is 2.74 bits per heavy atom. The Morgan fingerprint density at radius 1 is 1.11 bits per heavy atom. The van der Waals surface area contributed by atoms with Gasteiger partial charge in [0.05, 0.1) is 16.6 Å². The predicted molar refractivity (Wildman–Crippen MR) is 103 cm³/mol. The lowest BCUT2D eigenvalue weighted by atomic mass is 10.2. The van der Waals surface area contributed by atoms with E-state index in [1.165, 1.54) is 11.8 Å². The van der Waals surface area contributed by atoms with E-state index < -0.39 is 11.4 Å². The average molecular weight is 383 g/mol. The molecular formula is C19H17N3O4S. The van der Waals surface area contributed by atoms with Crippen molar-refractivity contribution in [2.45, 2.75) is 29.6 Å². The van der Waals surface area contributed by atoms with Crippen LogP contribution in [-0.2, 0) is 14.4 Å². The second-order valence-corrected chi connectivity index (χ2v) is 7.55. The zero-order valence-corrected chi connectivity index (χ0v) is 15.3. The molecule has 2 aliphatic rings. The number of amides is 3. The van der Waals surface area contributed by atoms with E-state index in [0.29, 0.717) is 17.1 Å². The number of fused-ring (bicyclic) bond motifs is 2. The molecule has 0 spiro atoms. The molecule has 0 aromatic heterocycles. The lowest BCUT2D eigenvalue weighted by Gasteiger charge is -2.24. The lowest BCUT2D eigenvalue weighted by molar-refractivity contribution is -0.122. The summed E-state index contributed by atoms with van der Waals surface area (Å²) >= 11 is 1.38. The van der Waals surface area contributed by atoms with Gasteiger partial charge in [-0.2, -0.15) is 0 Å². The van der Waals surface area contributed by atoms with Gasteiger partial charge >= 0.3 is 0 Å². The van der Waals surface area contributed by atoms with Crippen molar-refractivity contribution in [1.29, 1.82) is 0 Å². The molecule has 0 radical (unpaired) electrons. The Morgan fingerprint density at radius 2 is 1.89 bits per heavy atom. The number of carbonyl (C=O) groups is 3. The monoisotopic (exact) mass is 383 g/mol. The van der Waals surface area contributed by atoms with Crippen molar-refractivity contribution in [3.63, 3.8) is 0 Å². The number of para-hydroxylation sites is 1. The highest BCUT2D eigenvalue weighted by atomic mass is 32.2. The first-order valence-corrected chi connectivity index (χ1v) is 9.35. The molecule has 7 nitrogen and oxygen atoms in total. The van der Waals surface area contributed by atoms with Crippen LogP contribution in [0.2, 0.25) is 0 Å². The van der Waals surface area contributed by atoms with E-state index in [-0.39, 0.29) is 24.1 Å². The third kappa shape index (κ3) is 3.61. The van der Waals surface area contributed by atoms with Crippen molar-refractivity contribution in [1.82, 2.24) is 0 Å². The Bertz CT molecular complexity index is 946. The van der Waals surface area contributed by atoms with Crippen LogP contribution in [0.5, 0.6) is 5.75 Å². The van der Waals surface area contributed by atoms with Gasteiger partial charge in [0.15, 0.2) is 6.10 Å². The van der Waals surface area contributed by atoms with Crippen LogP contribution in [0.3, 0.4) is 0 Å². The van der Waals surface area contributed by atoms with Gasteiger partial charge in [0.1, 0.15) is 5.75 Å². The van der Waals surface area contributed by atoms with Crippen molar-refractivity contribution in [2.24, 2.45) is 0 Å². The molecule has 138 valence electrons. The molecule has 0 bridgehead atoms. The van der Waals surface area contributed by atoms with E-state index in [1.807, 2.05) is 24.3 Å².